The lowest BCUT2D eigenvalue weighted by Crippen LogP contribution is -2.18. The van der Waals surface area contributed by atoms with Gasteiger partial charge in [0, 0.05) is 6.42 Å². The molecule has 0 radical (unpaired) electrons. The lowest BCUT2D eigenvalue weighted by molar-refractivity contribution is -0.116. The van der Waals surface area contributed by atoms with Crippen LogP contribution < -0.4 is 15.4 Å². The van der Waals surface area contributed by atoms with Gasteiger partial charge in [0.1, 0.15) is 5.82 Å². The van der Waals surface area contributed by atoms with Crippen LogP contribution in [0, 0.1) is 11.7 Å². The van der Waals surface area contributed by atoms with E-state index < -0.39 is 15.8 Å². The van der Waals surface area contributed by atoms with Crippen molar-refractivity contribution in [1.82, 2.24) is 5.32 Å². The van der Waals surface area contributed by atoms with Crippen molar-refractivity contribution in [3.8, 4) is 0 Å². The molecule has 0 bridgehead atoms. The van der Waals surface area contributed by atoms with Crippen LogP contribution in [0.4, 0.5) is 15.8 Å². The Hall–Kier alpha value is -2.16. The number of hydrogen-bond acceptors (Lipinski definition) is 4. The smallest absolute Gasteiger partial charge is 0.261 e. The molecule has 1 amide bonds. The first-order valence-corrected chi connectivity index (χ1v) is 10.3. The Balaban J connectivity index is 0.00000280. The average Bonchev–Trinajstić information content (AvgIpc) is 3.15. The van der Waals surface area contributed by atoms with Gasteiger partial charge in [-0.2, -0.15) is 0 Å². The zero-order valence-electron chi connectivity index (χ0n) is 15.2. The van der Waals surface area contributed by atoms with Crippen molar-refractivity contribution in [2.45, 2.75) is 24.2 Å². The van der Waals surface area contributed by atoms with Crippen molar-refractivity contribution >= 4 is 39.7 Å². The number of para-hydroxylation sites is 2. The maximum absolute atomic E-state index is 13.0. The molecule has 0 spiro atoms. The van der Waals surface area contributed by atoms with E-state index in [9.17, 15) is 17.6 Å². The average molecular weight is 428 g/mol. The molecule has 1 unspecified atom stereocenters. The number of amides is 1. The largest absolute Gasteiger partial charge is 0.324 e. The molecular formula is C19H23ClFN3O3S. The summed E-state index contributed by atoms with van der Waals surface area (Å²) in [6.45, 7) is 1.92. The van der Waals surface area contributed by atoms with E-state index in [4.69, 9.17) is 0 Å². The minimum absolute atomic E-state index is 0. The van der Waals surface area contributed by atoms with Gasteiger partial charge in [-0.25, -0.2) is 12.8 Å². The van der Waals surface area contributed by atoms with E-state index in [0.29, 0.717) is 18.0 Å². The molecule has 0 aliphatic carbocycles. The molecular weight excluding hydrogens is 405 g/mol. The fourth-order valence-electron chi connectivity index (χ4n) is 3.01. The van der Waals surface area contributed by atoms with E-state index in [1.165, 1.54) is 12.1 Å². The number of hydrogen-bond donors (Lipinski definition) is 3. The Morgan fingerprint density at radius 2 is 1.79 bits per heavy atom. The van der Waals surface area contributed by atoms with E-state index >= 15 is 0 Å². The summed E-state index contributed by atoms with van der Waals surface area (Å²) in [6, 6.07) is 11.1. The normalized spacial score (nSPS) is 16.2. The maximum atomic E-state index is 13.0. The lowest BCUT2D eigenvalue weighted by Gasteiger charge is -2.14. The van der Waals surface area contributed by atoms with Gasteiger partial charge in [0.15, 0.2) is 0 Å². The van der Waals surface area contributed by atoms with Crippen LogP contribution >= 0.6 is 12.4 Å². The quantitative estimate of drug-likeness (QED) is 0.632. The summed E-state index contributed by atoms with van der Waals surface area (Å²) >= 11 is 0. The SMILES string of the molecule is Cl.O=C(CCC1CCNC1)Nc1ccccc1NS(=O)(=O)c1ccc(F)cc1. The molecule has 1 saturated heterocycles. The van der Waals surface area contributed by atoms with Crippen LogP contribution in [-0.4, -0.2) is 27.4 Å². The first-order chi connectivity index (χ1) is 12.9. The predicted molar refractivity (Wildman–Crippen MR) is 110 cm³/mol. The molecule has 1 fully saturated rings. The van der Waals surface area contributed by atoms with Gasteiger partial charge in [0.25, 0.3) is 10.0 Å². The third kappa shape index (κ3) is 5.92. The number of rotatable bonds is 7. The molecule has 1 heterocycles. The Morgan fingerprint density at radius 1 is 1.11 bits per heavy atom. The summed E-state index contributed by atoms with van der Waals surface area (Å²) in [5, 5.41) is 6.04. The number of benzene rings is 2. The van der Waals surface area contributed by atoms with Crippen molar-refractivity contribution in [2.24, 2.45) is 5.92 Å². The Bertz CT molecular complexity index is 901. The number of carbonyl (C=O) groups excluding carboxylic acids is 1. The van der Waals surface area contributed by atoms with Crippen LogP contribution in [-0.2, 0) is 14.8 Å². The van der Waals surface area contributed by atoms with Gasteiger partial charge in [-0.1, -0.05) is 12.1 Å². The monoisotopic (exact) mass is 427 g/mol. The summed E-state index contributed by atoms with van der Waals surface area (Å²) in [6.07, 6.45) is 2.25. The molecule has 1 aliphatic rings. The van der Waals surface area contributed by atoms with E-state index in [1.54, 1.807) is 24.3 Å². The van der Waals surface area contributed by atoms with Crippen LogP contribution in [0.1, 0.15) is 19.3 Å². The topological polar surface area (TPSA) is 87.3 Å². The van der Waals surface area contributed by atoms with E-state index in [0.717, 1.165) is 38.1 Å². The van der Waals surface area contributed by atoms with Gasteiger partial charge in [0.05, 0.1) is 16.3 Å². The van der Waals surface area contributed by atoms with Gasteiger partial charge in [-0.15, -0.1) is 12.4 Å². The van der Waals surface area contributed by atoms with E-state index in [2.05, 4.69) is 15.4 Å². The van der Waals surface area contributed by atoms with E-state index in [1.807, 2.05) is 0 Å². The summed E-state index contributed by atoms with van der Waals surface area (Å²) in [5.41, 5.74) is 0.649. The van der Waals surface area contributed by atoms with Crippen molar-refractivity contribution in [1.29, 1.82) is 0 Å². The van der Waals surface area contributed by atoms with Gasteiger partial charge >= 0.3 is 0 Å². The highest BCUT2D eigenvalue weighted by Crippen LogP contribution is 2.25. The van der Waals surface area contributed by atoms with Crippen LogP contribution in [0.2, 0.25) is 0 Å². The second-order valence-electron chi connectivity index (χ2n) is 6.55. The summed E-state index contributed by atoms with van der Waals surface area (Å²) < 4.78 is 40.5. The first-order valence-electron chi connectivity index (χ1n) is 8.82. The Labute approximate surface area is 170 Å². The molecule has 28 heavy (non-hydrogen) atoms. The Morgan fingerprint density at radius 3 is 2.43 bits per heavy atom. The number of carbonyl (C=O) groups is 1. The van der Waals surface area contributed by atoms with Crippen molar-refractivity contribution < 1.29 is 17.6 Å². The number of halogens is 2. The van der Waals surface area contributed by atoms with Gasteiger partial charge in [-0.3, -0.25) is 9.52 Å². The van der Waals surface area contributed by atoms with Crippen LogP contribution in [0.3, 0.4) is 0 Å². The van der Waals surface area contributed by atoms with Crippen LogP contribution in [0.25, 0.3) is 0 Å². The molecule has 1 atom stereocenters. The fourth-order valence-corrected chi connectivity index (χ4v) is 4.09. The van der Waals surface area contributed by atoms with Crippen molar-refractivity contribution in [3.63, 3.8) is 0 Å². The molecule has 2 aromatic rings. The second kappa shape index (κ2) is 9.86. The van der Waals surface area contributed by atoms with Gasteiger partial charge in [0.2, 0.25) is 5.91 Å². The van der Waals surface area contributed by atoms with Crippen molar-refractivity contribution in [3.05, 3.63) is 54.3 Å². The minimum atomic E-state index is -3.89. The summed E-state index contributed by atoms with van der Waals surface area (Å²) in [5.74, 6) is -0.169. The molecule has 1 aliphatic heterocycles. The van der Waals surface area contributed by atoms with Gasteiger partial charge in [-0.05, 0) is 68.2 Å². The van der Waals surface area contributed by atoms with Crippen LogP contribution in [0.5, 0.6) is 0 Å². The molecule has 0 aromatic heterocycles. The number of anilines is 2. The number of nitrogens with one attached hydrogen (secondary N) is 3. The van der Waals surface area contributed by atoms with Gasteiger partial charge < -0.3 is 10.6 Å². The zero-order chi connectivity index (χ0) is 19.3. The highest BCUT2D eigenvalue weighted by atomic mass is 35.5. The zero-order valence-corrected chi connectivity index (χ0v) is 16.8. The molecule has 152 valence electrons. The van der Waals surface area contributed by atoms with E-state index in [-0.39, 0.29) is 28.9 Å². The molecule has 9 heteroatoms. The number of sulfonamides is 1. The molecule has 3 N–H and O–H groups in total. The lowest BCUT2D eigenvalue weighted by atomic mass is 10.0. The van der Waals surface area contributed by atoms with Crippen molar-refractivity contribution in [2.75, 3.05) is 23.1 Å². The molecule has 2 aromatic carbocycles. The Kier molecular flexibility index (Phi) is 7.79. The summed E-state index contributed by atoms with van der Waals surface area (Å²) in [4.78, 5) is 12.2. The second-order valence-corrected chi connectivity index (χ2v) is 8.23. The highest BCUT2D eigenvalue weighted by Gasteiger charge is 2.18. The molecule has 3 rings (SSSR count). The standard InChI is InChI=1S/C19H22FN3O3S.ClH/c20-15-6-8-16(9-7-15)27(25,26)23-18-4-2-1-3-17(18)22-19(24)10-5-14-11-12-21-13-14;/h1-4,6-9,14,21,23H,5,10-13H2,(H,22,24);1H. The first kappa shape index (κ1) is 22.1. The predicted octanol–water partition coefficient (Wildman–Crippen LogP) is 3.38. The van der Waals surface area contributed by atoms with Crippen LogP contribution in [0.15, 0.2) is 53.4 Å². The molecule has 0 saturated carbocycles. The third-order valence-corrected chi connectivity index (χ3v) is 5.89. The third-order valence-electron chi connectivity index (χ3n) is 4.51. The molecule has 6 nitrogen and oxygen atoms in total. The highest BCUT2D eigenvalue weighted by molar-refractivity contribution is 7.92. The minimum Gasteiger partial charge on any atom is -0.324 e. The summed E-state index contributed by atoms with van der Waals surface area (Å²) in [7, 11) is -3.89. The maximum Gasteiger partial charge on any atom is 0.261 e. The fraction of sp³-hybridized carbons (Fsp3) is 0.316.